The van der Waals surface area contributed by atoms with Crippen molar-refractivity contribution in [1.82, 2.24) is 4.90 Å². The van der Waals surface area contributed by atoms with E-state index in [1.54, 1.807) is 18.1 Å². The van der Waals surface area contributed by atoms with E-state index in [9.17, 15) is 9.59 Å². The Morgan fingerprint density at radius 1 is 0.906 bits per heavy atom. The van der Waals surface area contributed by atoms with Crippen molar-refractivity contribution in [2.45, 2.75) is 24.9 Å². The molecule has 164 valence electrons. The highest BCUT2D eigenvalue weighted by Gasteiger charge is 2.44. The molecule has 1 fully saturated rings. The van der Waals surface area contributed by atoms with Crippen LogP contribution in [0.5, 0.6) is 5.75 Å². The zero-order chi connectivity index (χ0) is 22.7. The van der Waals surface area contributed by atoms with E-state index in [1.165, 1.54) is 7.11 Å². The van der Waals surface area contributed by atoms with Crippen LogP contribution in [0.25, 0.3) is 11.1 Å². The Bertz CT molecular complexity index is 1130. The Morgan fingerprint density at radius 3 is 2.31 bits per heavy atom. The third kappa shape index (κ3) is 4.02. The molecule has 0 aliphatic carbocycles. The van der Waals surface area contributed by atoms with Crippen molar-refractivity contribution in [3.63, 3.8) is 0 Å². The second-order valence-electron chi connectivity index (χ2n) is 7.61. The maximum Gasteiger partial charge on any atom is 0.328 e. The average molecular weight is 494 g/mol. The number of carbonyl (C=O) groups is 2. The fourth-order valence-electron chi connectivity index (χ4n) is 4.42. The number of ether oxygens (including phenoxy) is 2. The molecule has 3 aromatic rings. The van der Waals surface area contributed by atoms with Gasteiger partial charge in [0.2, 0.25) is 0 Å². The van der Waals surface area contributed by atoms with Gasteiger partial charge in [0.25, 0.3) is 5.91 Å². The summed E-state index contributed by atoms with van der Waals surface area (Å²) in [5.74, 6) is -0.197. The molecule has 5 nitrogen and oxygen atoms in total. The minimum absolute atomic E-state index is 0.255. The Balaban J connectivity index is 1.87. The van der Waals surface area contributed by atoms with Crippen molar-refractivity contribution in [1.29, 1.82) is 0 Å². The van der Waals surface area contributed by atoms with E-state index in [4.69, 9.17) is 9.47 Å². The molecule has 0 spiro atoms. The number of benzene rings is 3. The summed E-state index contributed by atoms with van der Waals surface area (Å²) >= 11 is 3.61. The third-order valence-electron chi connectivity index (χ3n) is 5.90. The minimum Gasteiger partial charge on any atom is -0.496 e. The van der Waals surface area contributed by atoms with E-state index >= 15 is 0 Å². The molecular weight excluding hydrogens is 470 g/mol. The first kappa shape index (κ1) is 22.1. The number of hydrogen-bond acceptors (Lipinski definition) is 4. The van der Waals surface area contributed by atoms with E-state index < -0.39 is 12.0 Å². The monoisotopic (exact) mass is 493 g/mol. The number of esters is 1. The molecule has 2 atom stereocenters. The standard InChI is InChI=1S/C26H24BrNO4/c1-31-23-14-8-12-18(17-9-4-3-5-10-17)24(23)25(29)28-21(15-16-22(28)26(30)32-2)19-11-6-7-13-20(19)27/h3-14,21-22H,15-16H2,1-2H3. The van der Waals surface area contributed by atoms with Gasteiger partial charge in [0, 0.05) is 4.47 Å². The molecule has 4 rings (SSSR count). The molecule has 1 amide bonds. The zero-order valence-electron chi connectivity index (χ0n) is 18.0. The number of carbonyl (C=O) groups excluding carboxylic acids is 2. The first-order valence-corrected chi connectivity index (χ1v) is 11.2. The van der Waals surface area contributed by atoms with Crippen LogP contribution < -0.4 is 4.74 Å². The van der Waals surface area contributed by atoms with Crippen LogP contribution in [0.3, 0.4) is 0 Å². The second kappa shape index (κ2) is 9.57. The van der Waals surface area contributed by atoms with Crippen molar-refractivity contribution < 1.29 is 19.1 Å². The summed E-state index contributed by atoms with van der Waals surface area (Å²) in [5, 5.41) is 0. The summed E-state index contributed by atoms with van der Waals surface area (Å²) in [7, 11) is 2.91. The number of likely N-dealkylation sites (tertiary alicyclic amines) is 1. The summed E-state index contributed by atoms with van der Waals surface area (Å²) in [6.45, 7) is 0. The molecule has 32 heavy (non-hydrogen) atoms. The fourth-order valence-corrected chi connectivity index (χ4v) is 4.97. The lowest BCUT2D eigenvalue weighted by atomic mass is 9.96. The molecule has 0 saturated carbocycles. The van der Waals surface area contributed by atoms with Gasteiger partial charge < -0.3 is 14.4 Å². The molecule has 0 radical (unpaired) electrons. The lowest BCUT2D eigenvalue weighted by Crippen LogP contribution is -2.42. The Kier molecular flexibility index (Phi) is 6.61. The smallest absolute Gasteiger partial charge is 0.328 e. The fraction of sp³-hybridized carbons (Fsp3) is 0.231. The summed E-state index contributed by atoms with van der Waals surface area (Å²) in [4.78, 5) is 28.5. The van der Waals surface area contributed by atoms with Crippen LogP contribution in [0.4, 0.5) is 0 Å². The van der Waals surface area contributed by atoms with E-state index in [0.717, 1.165) is 21.2 Å². The van der Waals surface area contributed by atoms with Gasteiger partial charge >= 0.3 is 5.97 Å². The lowest BCUT2D eigenvalue weighted by Gasteiger charge is -2.31. The summed E-state index contributed by atoms with van der Waals surface area (Å²) < 4.78 is 11.6. The number of hydrogen-bond donors (Lipinski definition) is 0. The predicted octanol–water partition coefficient (Wildman–Crippen LogP) is 5.64. The summed E-state index contributed by atoms with van der Waals surface area (Å²) in [5.41, 5.74) is 3.06. The molecule has 1 aliphatic rings. The van der Waals surface area contributed by atoms with Gasteiger partial charge in [-0.3, -0.25) is 4.79 Å². The second-order valence-corrected chi connectivity index (χ2v) is 8.47. The van der Waals surface area contributed by atoms with E-state index in [1.807, 2.05) is 66.7 Å². The normalized spacial score (nSPS) is 17.8. The van der Waals surface area contributed by atoms with Crippen molar-refractivity contribution in [3.05, 3.63) is 88.4 Å². The Hall–Kier alpha value is -3.12. The highest BCUT2D eigenvalue weighted by atomic mass is 79.9. The molecular formula is C26H24BrNO4. The van der Waals surface area contributed by atoms with Gasteiger partial charge in [-0.2, -0.15) is 0 Å². The van der Waals surface area contributed by atoms with Crippen molar-refractivity contribution in [3.8, 4) is 16.9 Å². The number of rotatable bonds is 5. The molecule has 6 heteroatoms. The first-order chi connectivity index (χ1) is 15.6. The van der Waals surface area contributed by atoms with Crippen LogP contribution >= 0.6 is 15.9 Å². The Morgan fingerprint density at radius 2 is 1.62 bits per heavy atom. The molecule has 0 aromatic heterocycles. The highest BCUT2D eigenvalue weighted by Crippen LogP contribution is 2.42. The van der Waals surface area contributed by atoms with Crippen LogP contribution in [0.15, 0.2) is 77.3 Å². The molecule has 0 N–H and O–H groups in total. The summed E-state index contributed by atoms with van der Waals surface area (Å²) in [6.07, 6.45) is 1.18. The number of amides is 1. The van der Waals surface area contributed by atoms with Crippen LogP contribution in [0.1, 0.15) is 34.8 Å². The lowest BCUT2D eigenvalue weighted by molar-refractivity contribution is -0.145. The number of methoxy groups -OCH3 is 2. The van der Waals surface area contributed by atoms with Crippen LogP contribution in [-0.2, 0) is 9.53 Å². The predicted molar refractivity (Wildman–Crippen MR) is 127 cm³/mol. The van der Waals surface area contributed by atoms with Crippen LogP contribution in [0, 0.1) is 0 Å². The zero-order valence-corrected chi connectivity index (χ0v) is 19.5. The minimum atomic E-state index is -0.668. The van der Waals surface area contributed by atoms with Gasteiger partial charge in [-0.25, -0.2) is 4.79 Å². The van der Waals surface area contributed by atoms with Gasteiger partial charge in [0.05, 0.1) is 25.8 Å². The van der Waals surface area contributed by atoms with Gasteiger partial charge in [-0.1, -0.05) is 76.6 Å². The molecule has 0 bridgehead atoms. The molecule has 2 unspecified atom stereocenters. The van der Waals surface area contributed by atoms with Crippen molar-refractivity contribution in [2.24, 2.45) is 0 Å². The highest BCUT2D eigenvalue weighted by molar-refractivity contribution is 9.10. The van der Waals surface area contributed by atoms with E-state index in [-0.39, 0.29) is 11.9 Å². The van der Waals surface area contributed by atoms with Crippen molar-refractivity contribution in [2.75, 3.05) is 14.2 Å². The van der Waals surface area contributed by atoms with Gasteiger partial charge in [0.1, 0.15) is 11.8 Å². The topological polar surface area (TPSA) is 55.8 Å². The van der Waals surface area contributed by atoms with Crippen LogP contribution in [0.2, 0.25) is 0 Å². The SMILES string of the molecule is COC(=O)C1CCC(c2ccccc2Br)N1C(=O)c1c(OC)cccc1-c1ccccc1. The summed E-state index contributed by atoms with van der Waals surface area (Å²) in [6, 6.07) is 22.1. The van der Waals surface area contributed by atoms with Gasteiger partial charge in [0.15, 0.2) is 0 Å². The molecule has 1 aliphatic heterocycles. The van der Waals surface area contributed by atoms with Gasteiger partial charge in [-0.05, 0) is 41.7 Å². The quantitative estimate of drug-likeness (QED) is 0.431. The average Bonchev–Trinajstić information content (AvgIpc) is 3.28. The van der Waals surface area contributed by atoms with Crippen LogP contribution in [-0.4, -0.2) is 37.0 Å². The molecule has 1 heterocycles. The third-order valence-corrected chi connectivity index (χ3v) is 6.62. The first-order valence-electron chi connectivity index (χ1n) is 10.4. The maximum atomic E-state index is 14.2. The van der Waals surface area contributed by atoms with E-state index in [0.29, 0.717) is 24.2 Å². The van der Waals surface area contributed by atoms with Crippen molar-refractivity contribution >= 4 is 27.8 Å². The molecule has 1 saturated heterocycles. The molecule has 3 aromatic carbocycles. The Labute approximate surface area is 196 Å². The van der Waals surface area contributed by atoms with E-state index in [2.05, 4.69) is 15.9 Å². The number of nitrogens with zero attached hydrogens (tertiary/aromatic N) is 1. The maximum absolute atomic E-state index is 14.2. The largest absolute Gasteiger partial charge is 0.496 e. The van der Waals surface area contributed by atoms with Gasteiger partial charge in [-0.15, -0.1) is 0 Å². The number of halogens is 1.